The monoisotopic (exact) mass is 420 g/mol. The molecule has 1 heterocycles. The van der Waals surface area contributed by atoms with Crippen molar-refractivity contribution >= 4 is 21.8 Å². The SMILES string of the molecule is O=C(COc1ccccc1)O[C@H]1CS(=O)(=O)C[C@H]1OC(=O)COc1ccccc1. The second-order valence-corrected chi connectivity index (χ2v) is 8.49. The van der Waals surface area contributed by atoms with E-state index in [4.69, 9.17) is 18.9 Å². The van der Waals surface area contributed by atoms with Crippen LogP contribution in [0.3, 0.4) is 0 Å². The second kappa shape index (κ2) is 9.42. The predicted molar refractivity (Wildman–Crippen MR) is 102 cm³/mol. The van der Waals surface area contributed by atoms with Crippen molar-refractivity contribution < 1.29 is 37.0 Å². The molecule has 29 heavy (non-hydrogen) atoms. The van der Waals surface area contributed by atoms with Gasteiger partial charge in [0.15, 0.2) is 35.3 Å². The summed E-state index contributed by atoms with van der Waals surface area (Å²) in [5.41, 5.74) is 0. The molecule has 2 aromatic rings. The number of benzene rings is 2. The highest BCUT2D eigenvalue weighted by Crippen LogP contribution is 2.20. The molecule has 0 bridgehead atoms. The Morgan fingerprint density at radius 2 is 1.10 bits per heavy atom. The summed E-state index contributed by atoms with van der Waals surface area (Å²) < 4.78 is 44.8. The van der Waals surface area contributed by atoms with Gasteiger partial charge in [-0.05, 0) is 24.3 Å². The maximum Gasteiger partial charge on any atom is 0.344 e. The van der Waals surface area contributed by atoms with Crippen LogP contribution in [0, 0.1) is 0 Å². The summed E-state index contributed by atoms with van der Waals surface area (Å²) in [4.78, 5) is 24.0. The summed E-state index contributed by atoms with van der Waals surface area (Å²) >= 11 is 0. The number of ether oxygens (including phenoxy) is 4. The van der Waals surface area contributed by atoms with Crippen molar-refractivity contribution in [2.24, 2.45) is 0 Å². The number of hydrogen-bond acceptors (Lipinski definition) is 8. The van der Waals surface area contributed by atoms with Gasteiger partial charge in [-0.15, -0.1) is 0 Å². The minimum Gasteiger partial charge on any atom is -0.482 e. The van der Waals surface area contributed by atoms with E-state index >= 15 is 0 Å². The summed E-state index contributed by atoms with van der Waals surface area (Å²) in [5.74, 6) is -1.38. The Hall–Kier alpha value is -3.07. The van der Waals surface area contributed by atoms with Crippen molar-refractivity contribution in [1.29, 1.82) is 0 Å². The van der Waals surface area contributed by atoms with Crippen LogP contribution in [0.2, 0.25) is 0 Å². The molecule has 0 spiro atoms. The predicted octanol–water partition coefficient (Wildman–Crippen LogP) is 1.40. The van der Waals surface area contributed by atoms with Crippen LogP contribution in [0.4, 0.5) is 0 Å². The van der Waals surface area contributed by atoms with Crippen molar-refractivity contribution in [3.05, 3.63) is 60.7 Å². The summed E-state index contributed by atoms with van der Waals surface area (Å²) in [6.45, 7) is -0.781. The van der Waals surface area contributed by atoms with E-state index in [0.29, 0.717) is 11.5 Å². The highest BCUT2D eigenvalue weighted by Gasteiger charge is 2.43. The van der Waals surface area contributed by atoms with Gasteiger partial charge in [-0.2, -0.15) is 0 Å². The van der Waals surface area contributed by atoms with Gasteiger partial charge >= 0.3 is 11.9 Å². The standard InChI is InChI=1S/C20H20O8S/c21-19(11-25-15-7-3-1-4-8-15)27-17-13-29(23,24)14-18(17)28-20(22)12-26-16-9-5-2-6-10-16/h1-10,17-18H,11-14H2/t17-,18+. The molecule has 0 unspecified atom stereocenters. The average molecular weight is 420 g/mol. The molecule has 9 heteroatoms. The van der Waals surface area contributed by atoms with Crippen LogP contribution in [0.5, 0.6) is 11.5 Å². The minimum absolute atomic E-state index is 0.391. The lowest BCUT2D eigenvalue weighted by Gasteiger charge is -2.19. The molecule has 2 atom stereocenters. The highest BCUT2D eigenvalue weighted by atomic mass is 32.2. The van der Waals surface area contributed by atoms with E-state index in [1.54, 1.807) is 60.7 Å². The third-order valence-electron chi connectivity index (χ3n) is 4.02. The van der Waals surface area contributed by atoms with Gasteiger partial charge in [-0.3, -0.25) is 0 Å². The average Bonchev–Trinajstić information content (AvgIpc) is 2.99. The van der Waals surface area contributed by atoms with Gasteiger partial charge in [-0.1, -0.05) is 36.4 Å². The molecule has 2 aromatic carbocycles. The first-order valence-corrected chi connectivity index (χ1v) is 10.7. The largest absolute Gasteiger partial charge is 0.482 e. The Morgan fingerprint density at radius 3 is 1.48 bits per heavy atom. The number of carbonyl (C=O) groups excluding carboxylic acids is 2. The topological polar surface area (TPSA) is 105 Å². The normalized spacial score (nSPS) is 19.9. The van der Waals surface area contributed by atoms with Crippen molar-refractivity contribution in [1.82, 2.24) is 0 Å². The molecule has 1 aliphatic rings. The molecule has 0 aromatic heterocycles. The molecule has 0 aliphatic carbocycles. The number of rotatable bonds is 8. The fourth-order valence-corrected chi connectivity index (χ4v) is 4.43. The van der Waals surface area contributed by atoms with E-state index in [0.717, 1.165) is 0 Å². The smallest absolute Gasteiger partial charge is 0.344 e. The van der Waals surface area contributed by atoms with E-state index in [9.17, 15) is 18.0 Å². The third kappa shape index (κ3) is 6.49. The Bertz CT molecular complexity index is 856. The first-order valence-electron chi connectivity index (χ1n) is 8.86. The first-order chi connectivity index (χ1) is 13.9. The Kier molecular flexibility index (Phi) is 6.71. The summed E-state index contributed by atoms with van der Waals surface area (Å²) in [5, 5.41) is 0. The minimum atomic E-state index is -3.51. The zero-order chi connectivity index (χ0) is 20.7. The molecule has 0 N–H and O–H groups in total. The fourth-order valence-electron chi connectivity index (χ4n) is 2.73. The van der Waals surface area contributed by atoms with Gasteiger partial charge in [0.05, 0.1) is 11.5 Å². The quantitative estimate of drug-likeness (QED) is 0.590. The van der Waals surface area contributed by atoms with Gasteiger partial charge in [0, 0.05) is 0 Å². The zero-order valence-corrected chi connectivity index (χ0v) is 16.2. The van der Waals surface area contributed by atoms with Gasteiger partial charge in [0.25, 0.3) is 0 Å². The number of sulfone groups is 1. The Labute approximate surface area is 168 Å². The summed E-state index contributed by atoms with van der Waals surface area (Å²) in [7, 11) is -3.51. The lowest BCUT2D eigenvalue weighted by molar-refractivity contribution is -0.166. The maximum absolute atomic E-state index is 12.0. The fraction of sp³-hybridized carbons (Fsp3) is 0.300. The van der Waals surface area contributed by atoms with Crippen LogP contribution in [0.15, 0.2) is 60.7 Å². The van der Waals surface area contributed by atoms with Crippen LogP contribution in [0.25, 0.3) is 0 Å². The maximum atomic E-state index is 12.0. The van der Waals surface area contributed by atoms with Crippen LogP contribution in [-0.4, -0.2) is 57.3 Å². The van der Waals surface area contributed by atoms with Gasteiger partial charge < -0.3 is 18.9 Å². The number of para-hydroxylation sites is 2. The second-order valence-electron chi connectivity index (χ2n) is 6.34. The van der Waals surface area contributed by atoms with E-state index in [2.05, 4.69) is 0 Å². The van der Waals surface area contributed by atoms with Crippen LogP contribution in [-0.2, 0) is 28.9 Å². The van der Waals surface area contributed by atoms with Crippen molar-refractivity contribution in [3.63, 3.8) is 0 Å². The van der Waals surface area contributed by atoms with Crippen molar-refractivity contribution in [3.8, 4) is 11.5 Å². The molecule has 0 radical (unpaired) electrons. The Morgan fingerprint density at radius 1 is 0.724 bits per heavy atom. The lowest BCUT2D eigenvalue weighted by atomic mass is 10.2. The van der Waals surface area contributed by atoms with Crippen molar-refractivity contribution in [2.75, 3.05) is 24.7 Å². The third-order valence-corrected chi connectivity index (χ3v) is 5.69. The van der Waals surface area contributed by atoms with Crippen LogP contribution >= 0.6 is 0 Å². The van der Waals surface area contributed by atoms with Crippen LogP contribution < -0.4 is 9.47 Å². The molecule has 1 aliphatic heterocycles. The van der Waals surface area contributed by atoms with E-state index in [1.807, 2.05) is 0 Å². The molecule has 8 nitrogen and oxygen atoms in total. The molecule has 0 amide bonds. The first kappa shape index (κ1) is 20.7. The van der Waals surface area contributed by atoms with Gasteiger partial charge in [0.2, 0.25) is 0 Å². The van der Waals surface area contributed by atoms with E-state index in [-0.39, 0.29) is 0 Å². The molecular weight excluding hydrogens is 400 g/mol. The van der Waals surface area contributed by atoms with E-state index in [1.165, 1.54) is 0 Å². The summed E-state index contributed by atoms with van der Waals surface area (Å²) in [6.07, 6.45) is -2.18. The molecular formula is C20H20O8S. The zero-order valence-electron chi connectivity index (χ0n) is 15.4. The lowest BCUT2D eigenvalue weighted by Crippen LogP contribution is -2.36. The van der Waals surface area contributed by atoms with Gasteiger partial charge in [-0.25, -0.2) is 18.0 Å². The van der Waals surface area contributed by atoms with Crippen LogP contribution in [0.1, 0.15) is 0 Å². The Balaban J connectivity index is 1.51. The van der Waals surface area contributed by atoms with Crippen molar-refractivity contribution in [2.45, 2.75) is 12.2 Å². The number of esters is 2. The number of hydrogen-bond donors (Lipinski definition) is 0. The molecule has 154 valence electrons. The van der Waals surface area contributed by atoms with E-state index < -0.39 is 58.7 Å². The molecule has 0 saturated carbocycles. The molecule has 1 saturated heterocycles. The molecule has 1 fully saturated rings. The summed E-state index contributed by atoms with van der Waals surface area (Å²) in [6, 6.07) is 17.3. The number of carbonyl (C=O) groups is 2. The van der Waals surface area contributed by atoms with Gasteiger partial charge in [0.1, 0.15) is 11.5 Å². The highest BCUT2D eigenvalue weighted by molar-refractivity contribution is 7.91. The molecule has 3 rings (SSSR count).